The molecule has 3 aromatic carbocycles. The van der Waals surface area contributed by atoms with Gasteiger partial charge in [-0.2, -0.15) is 0 Å². The minimum absolute atomic E-state index is 0.316. The number of anilines is 2. The molecule has 41 heavy (non-hydrogen) atoms. The molecule has 0 spiro atoms. The van der Waals surface area contributed by atoms with Crippen LogP contribution in [-0.2, 0) is 20.9 Å². The molecular weight excluding hydrogens is 633 g/mol. The number of nitrogens with one attached hydrogen (secondary N) is 1. The lowest BCUT2D eigenvalue weighted by Gasteiger charge is -2.31. The number of fused-ring (bicyclic) bond motifs is 2. The number of thioether (sulfide) groups is 1. The summed E-state index contributed by atoms with van der Waals surface area (Å²) in [6.45, 7) is -0.316. The molecule has 6 rings (SSSR count). The Morgan fingerprint density at radius 1 is 1.00 bits per heavy atom. The lowest BCUT2D eigenvalue weighted by molar-refractivity contribution is -0.122. The highest BCUT2D eigenvalue weighted by molar-refractivity contribution is 9.10. The highest BCUT2D eigenvalue weighted by Crippen LogP contribution is 2.55. The zero-order chi connectivity index (χ0) is 28.8. The van der Waals surface area contributed by atoms with Crippen LogP contribution < -0.4 is 19.8 Å². The van der Waals surface area contributed by atoms with E-state index in [9.17, 15) is 23.6 Å². The second-order valence-electron chi connectivity index (χ2n) is 9.45. The number of hydrogen-bond acceptors (Lipinski definition) is 7. The molecule has 0 radical (unpaired) electrons. The van der Waals surface area contributed by atoms with Crippen molar-refractivity contribution < 1.29 is 23.5 Å². The standard InChI is InChI=1S/C29H21BrFN3O5S2/c1-39-20-5-3-2-4-19(20)22-23-24(27(37)34(26(23)36)18-12-6-15(30)7-13-18)40-28-25(22)41-29(38)33(28)14-21(35)32-17-10-8-16(31)9-11-17/h2-13,22-24H,14H2,1H3,(H,32,35)/t22-,23?,24?/m1/s1. The summed E-state index contributed by atoms with van der Waals surface area (Å²) in [6.07, 6.45) is 0. The first-order valence-electron chi connectivity index (χ1n) is 12.5. The fourth-order valence-electron chi connectivity index (χ4n) is 5.24. The van der Waals surface area contributed by atoms with Crippen molar-refractivity contribution in [3.63, 3.8) is 0 Å². The number of para-hydroxylation sites is 1. The number of carbonyl (C=O) groups is 3. The van der Waals surface area contributed by atoms with Crippen LogP contribution in [0.25, 0.3) is 0 Å². The van der Waals surface area contributed by atoms with Crippen LogP contribution in [0.5, 0.6) is 5.75 Å². The summed E-state index contributed by atoms with van der Waals surface area (Å²) < 4.78 is 21.1. The van der Waals surface area contributed by atoms with Crippen molar-refractivity contribution >= 4 is 68.1 Å². The Balaban J connectivity index is 1.43. The molecule has 2 unspecified atom stereocenters. The quantitative estimate of drug-likeness (QED) is 0.285. The van der Waals surface area contributed by atoms with Gasteiger partial charge in [0.2, 0.25) is 17.7 Å². The molecule has 1 N–H and O–H groups in total. The average molecular weight is 655 g/mol. The van der Waals surface area contributed by atoms with Gasteiger partial charge in [0, 0.05) is 26.5 Å². The highest BCUT2D eigenvalue weighted by Gasteiger charge is 2.57. The molecule has 3 atom stereocenters. The van der Waals surface area contributed by atoms with Gasteiger partial charge in [0.1, 0.15) is 23.4 Å². The first kappa shape index (κ1) is 27.4. The summed E-state index contributed by atoms with van der Waals surface area (Å²) >= 11 is 5.47. The molecule has 1 saturated heterocycles. The monoisotopic (exact) mass is 653 g/mol. The van der Waals surface area contributed by atoms with E-state index in [0.29, 0.717) is 32.6 Å². The van der Waals surface area contributed by atoms with Crippen molar-refractivity contribution in [1.82, 2.24) is 4.57 Å². The molecule has 12 heteroatoms. The van der Waals surface area contributed by atoms with Crippen molar-refractivity contribution in [1.29, 1.82) is 0 Å². The average Bonchev–Trinajstić information content (AvgIpc) is 3.41. The number of thiazole rings is 1. The van der Waals surface area contributed by atoms with Gasteiger partial charge in [-0.1, -0.05) is 57.2 Å². The summed E-state index contributed by atoms with van der Waals surface area (Å²) in [5.74, 6) is -2.59. The number of imide groups is 1. The normalized spacial score (nSPS) is 19.6. The van der Waals surface area contributed by atoms with Gasteiger partial charge >= 0.3 is 4.87 Å². The maximum Gasteiger partial charge on any atom is 0.308 e. The first-order chi connectivity index (χ1) is 19.8. The van der Waals surface area contributed by atoms with Crippen LogP contribution in [0.3, 0.4) is 0 Å². The number of ether oxygens (including phenoxy) is 1. The smallest absolute Gasteiger partial charge is 0.308 e. The second kappa shape index (κ2) is 10.9. The van der Waals surface area contributed by atoms with E-state index in [2.05, 4.69) is 21.2 Å². The summed E-state index contributed by atoms with van der Waals surface area (Å²) in [5.41, 5.74) is 1.51. The number of nitrogens with zero attached hydrogens (tertiary/aromatic N) is 2. The van der Waals surface area contributed by atoms with Crippen molar-refractivity contribution in [2.45, 2.75) is 22.7 Å². The summed E-state index contributed by atoms with van der Waals surface area (Å²) in [5, 5.41) is 2.31. The largest absolute Gasteiger partial charge is 0.496 e. The lowest BCUT2D eigenvalue weighted by atomic mass is 9.82. The topological polar surface area (TPSA) is 97.7 Å². The minimum Gasteiger partial charge on any atom is -0.496 e. The summed E-state index contributed by atoms with van der Waals surface area (Å²) in [6, 6.07) is 19.4. The zero-order valence-electron chi connectivity index (χ0n) is 21.4. The molecule has 0 aliphatic carbocycles. The second-order valence-corrected chi connectivity index (χ2v) is 12.5. The maximum atomic E-state index is 14.0. The van der Waals surface area contributed by atoms with E-state index in [0.717, 1.165) is 27.6 Å². The van der Waals surface area contributed by atoms with E-state index in [1.165, 1.54) is 40.8 Å². The molecule has 0 bridgehead atoms. The predicted molar refractivity (Wildman–Crippen MR) is 158 cm³/mol. The van der Waals surface area contributed by atoms with E-state index < -0.39 is 28.8 Å². The van der Waals surface area contributed by atoms with Crippen molar-refractivity contribution in [3.8, 4) is 5.75 Å². The van der Waals surface area contributed by atoms with E-state index in [1.54, 1.807) is 30.3 Å². The number of hydrogen-bond donors (Lipinski definition) is 1. The van der Waals surface area contributed by atoms with E-state index in [4.69, 9.17) is 4.74 Å². The predicted octanol–water partition coefficient (Wildman–Crippen LogP) is 5.25. The van der Waals surface area contributed by atoms with Crippen LogP contribution in [0.2, 0.25) is 0 Å². The van der Waals surface area contributed by atoms with Crippen LogP contribution in [0.4, 0.5) is 15.8 Å². The van der Waals surface area contributed by atoms with E-state index in [1.807, 2.05) is 18.2 Å². The Hall–Kier alpha value is -3.74. The van der Waals surface area contributed by atoms with Crippen LogP contribution in [0.1, 0.15) is 16.4 Å². The molecule has 4 aromatic rings. The molecule has 3 heterocycles. The van der Waals surface area contributed by atoms with Crippen molar-refractivity contribution in [2.24, 2.45) is 5.92 Å². The van der Waals surface area contributed by atoms with E-state index in [-0.39, 0.29) is 23.2 Å². The molecule has 208 valence electrons. The van der Waals surface area contributed by atoms with Gasteiger partial charge in [0.05, 0.1) is 23.7 Å². The molecule has 8 nitrogen and oxygen atoms in total. The first-order valence-corrected chi connectivity index (χ1v) is 15.0. The van der Waals surface area contributed by atoms with Crippen molar-refractivity contribution in [3.05, 3.63) is 103 Å². The van der Waals surface area contributed by atoms with Crippen LogP contribution >= 0.6 is 39.0 Å². The third-order valence-electron chi connectivity index (χ3n) is 7.04. The third-order valence-corrected chi connectivity index (χ3v) is 10.2. The van der Waals surface area contributed by atoms with Crippen LogP contribution in [0.15, 0.2) is 87.1 Å². The molecule has 0 saturated carbocycles. The van der Waals surface area contributed by atoms with Gasteiger partial charge in [0.25, 0.3) is 0 Å². The van der Waals surface area contributed by atoms with Crippen molar-refractivity contribution in [2.75, 3.05) is 17.3 Å². The Bertz CT molecular complexity index is 1740. The van der Waals surface area contributed by atoms with Gasteiger partial charge < -0.3 is 10.1 Å². The zero-order valence-corrected chi connectivity index (χ0v) is 24.6. The van der Waals surface area contributed by atoms with Gasteiger partial charge in [-0.15, -0.1) is 0 Å². The van der Waals surface area contributed by atoms with E-state index >= 15 is 0 Å². The number of rotatable bonds is 6. The SMILES string of the molecule is COc1ccccc1[C@H]1c2sc(=O)n(CC(=O)Nc3ccc(F)cc3)c2SC2C(=O)N(c3ccc(Br)cc3)C(=O)C21. The minimum atomic E-state index is -0.825. The summed E-state index contributed by atoms with van der Waals surface area (Å²) in [4.78, 5) is 55.5. The molecular formula is C29H21BrFN3O5S2. The van der Waals surface area contributed by atoms with Gasteiger partial charge in [0.15, 0.2) is 0 Å². The van der Waals surface area contributed by atoms with Gasteiger partial charge in [-0.25, -0.2) is 9.29 Å². The Kier molecular flexibility index (Phi) is 7.30. The number of carbonyl (C=O) groups excluding carboxylic acids is 3. The molecule has 2 aliphatic rings. The maximum absolute atomic E-state index is 14.0. The summed E-state index contributed by atoms with van der Waals surface area (Å²) in [7, 11) is 1.53. The van der Waals surface area contributed by atoms with Gasteiger partial charge in [-0.3, -0.25) is 23.7 Å². The molecule has 2 aliphatic heterocycles. The number of aromatic nitrogens is 1. The Labute approximate surface area is 250 Å². The fraction of sp³-hybridized carbons (Fsp3) is 0.172. The Morgan fingerprint density at radius 2 is 1.71 bits per heavy atom. The number of amides is 3. The highest BCUT2D eigenvalue weighted by atomic mass is 79.9. The van der Waals surface area contributed by atoms with Crippen LogP contribution in [0, 0.1) is 11.7 Å². The molecule has 1 fully saturated rings. The van der Waals surface area contributed by atoms with Crippen LogP contribution in [-0.4, -0.2) is 34.6 Å². The number of benzene rings is 3. The lowest BCUT2D eigenvalue weighted by Crippen LogP contribution is -2.33. The molecule has 3 amide bonds. The fourth-order valence-corrected chi connectivity index (χ4v) is 8.26. The Morgan fingerprint density at radius 3 is 2.41 bits per heavy atom. The number of halogens is 2. The van der Waals surface area contributed by atoms with Gasteiger partial charge in [-0.05, 0) is 54.6 Å². The third kappa shape index (κ3) is 4.89. The number of methoxy groups -OCH3 is 1. The molecule has 1 aromatic heterocycles.